The van der Waals surface area contributed by atoms with E-state index in [2.05, 4.69) is 11.1 Å². The number of rotatable bonds is 4. The molecule has 9 heteroatoms. The molecule has 2 aromatic heterocycles. The second kappa shape index (κ2) is 7.37. The second-order valence-corrected chi connectivity index (χ2v) is 8.80. The van der Waals surface area contributed by atoms with Crippen molar-refractivity contribution < 1.29 is 19.5 Å². The van der Waals surface area contributed by atoms with Crippen molar-refractivity contribution in [2.45, 2.75) is 42.4 Å². The Kier molecular flexibility index (Phi) is 4.91. The standard InChI is InChI=1S/C19H15N3O4S2/c20-9-12-10-4-1-2-6-13(10)28-18(12)22-15(23)8-14(17(22)24)27-16-11(19(25)26)5-3-7-21-16/h3,5,7,14H,1-2,4,6,8H2,(H,25,26)/p-1/t14-/m1/s1. The lowest BCUT2D eigenvalue weighted by Gasteiger charge is -2.14. The van der Waals surface area contributed by atoms with Crippen molar-refractivity contribution in [3.05, 3.63) is 39.9 Å². The highest BCUT2D eigenvalue weighted by molar-refractivity contribution is 8.00. The molecule has 2 amide bonds. The maximum absolute atomic E-state index is 13.0. The number of imide groups is 1. The van der Waals surface area contributed by atoms with Crippen LogP contribution in [-0.2, 0) is 22.4 Å². The molecular formula is C19H14N3O4S2-. The number of pyridine rings is 1. The summed E-state index contributed by atoms with van der Waals surface area (Å²) in [5.74, 6) is -2.22. The number of aryl methyl sites for hydroxylation is 1. The maximum atomic E-state index is 13.0. The van der Waals surface area contributed by atoms with E-state index in [1.807, 2.05) is 0 Å². The molecule has 3 heterocycles. The van der Waals surface area contributed by atoms with E-state index >= 15 is 0 Å². The van der Waals surface area contributed by atoms with Crippen LogP contribution in [0.4, 0.5) is 5.00 Å². The monoisotopic (exact) mass is 412 g/mol. The Balaban J connectivity index is 1.65. The van der Waals surface area contributed by atoms with E-state index in [0.29, 0.717) is 10.6 Å². The summed E-state index contributed by atoms with van der Waals surface area (Å²) in [7, 11) is 0. The summed E-state index contributed by atoms with van der Waals surface area (Å²) >= 11 is 2.28. The first kappa shape index (κ1) is 18.7. The minimum absolute atomic E-state index is 0.0694. The van der Waals surface area contributed by atoms with Crippen LogP contribution in [0.1, 0.15) is 45.6 Å². The molecule has 0 aromatic carbocycles. The van der Waals surface area contributed by atoms with Crippen molar-refractivity contribution in [3.63, 3.8) is 0 Å². The quantitative estimate of drug-likeness (QED) is 0.702. The van der Waals surface area contributed by atoms with Gasteiger partial charge in [-0.2, -0.15) is 5.26 Å². The van der Waals surface area contributed by atoms with E-state index in [9.17, 15) is 24.8 Å². The van der Waals surface area contributed by atoms with Gasteiger partial charge in [0.15, 0.2) is 0 Å². The summed E-state index contributed by atoms with van der Waals surface area (Å²) in [5, 5.41) is 20.6. The second-order valence-electron chi connectivity index (χ2n) is 6.52. The van der Waals surface area contributed by atoms with Gasteiger partial charge in [-0.25, -0.2) is 9.88 Å². The van der Waals surface area contributed by atoms with Crippen molar-refractivity contribution in [2.75, 3.05) is 4.90 Å². The van der Waals surface area contributed by atoms with Crippen molar-refractivity contribution >= 4 is 45.9 Å². The van der Waals surface area contributed by atoms with Gasteiger partial charge in [-0.3, -0.25) is 9.59 Å². The Bertz CT molecular complexity index is 1040. The van der Waals surface area contributed by atoms with Crippen LogP contribution < -0.4 is 10.0 Å². The number of hydrogen-bond acceptors (Lipinski definition) is 8. The van der Waals surface area contributed by atoms with Gasteiger partial charge >= 0.3 is 0 Å². The average molecular weight is 412 g/mol. The molecule has 0 unspecified atom stereocenters. The number of aromatic carboxylic acids is 1. The summed E-state index contributed by atoms with van der Waals surface area (Å²) in [6.45, 7) is 0. The zero-order chi connectivity index (χ0) is 19.8. The van der Waals surface area contributed by atoms with Gasteiger partial charge in [0, 0.05) is 23.1 Å². The SMILES string of the molecule is N#Cc1c(N2C(=O)C[C@@H](Sc3ncccc3C(=O)[O-])C2=O)sc2c1CCCC2. The highest BCUT2D eigenvalue weighted by atomic mass is 32.2. The smallest absolute Gasteiger partial charge is 0.248 e. The van der Waals surface area contributed by atoms with Crippen molar-refractivity contribution in [1.29, 1.82) is 5.26 Å². The first-order chi connectivity index (χ1) is 13.5. The number of hydrogen-bond donors (Lipinski definition) is 0. The Morgan fingerprint density at radius 3 is 2.89 bits per heavy atom. The highest BCUT2D eigenvalue weighted by Crippen LogP contribution is 2.43. The van der Waals surface area contributed by atoms with Crippen LogP contribution in [0, 0.1) is 11.3 Å². The van der Waals surface area contributed by atoms with Crippen molar-refractivity contribution in [3.8, 4) is 6.07 Å². The molecule has 1 saturated heterocycles. The number of thiophene rings is 1. The van der Waals surface area contributed by atoms with Crippen LogP contribution in [0.25, 0.3) is 0 Å². The summed E-state index contributed by atoms with van der Waals surface area (Å²) < 4.78 is 0. The molecule has 1 aliphatic carbocycles. The summed E-state index contributed by atoms with van der Waals surface area (Å²) in [4.78, 5) is 43.0. The molecule has 1 atom stereocenters. The minimum Gasteiger partial charge on any atom is -0.545 e. The van der Waals surface area contributed by atoms with E-state index in [0.717, 1.165) is 52.8 Å². The van der Waals surface area contributed by atoms with Crippen molar-refractivity contribution in [2.24, 2.45) is 0 Å². The maximum Gasteiger partial charge on any atom is 0.248 e. The molecular weight excluding hydrogens is 398 g/mol. The number of thioether (sulfide) groups is 1. The molecule has 0 bridgehead atoms. The van der Waals surface area contributed by atoms with Crippen LogP contribution in [0.15, 0.2) is 23.4 Å². The number of amides is 2. The van der Waals surface area contributed by atoms with Gasteiger partial charge in [-0.15, -0.1) is 11.3 Å². The molecule has 1 fully saturated rings. The number of nitriles is 1. The van der Waals surface area contributed by atoms with E-state index in [1.165, 1.54) is 29.7 Å². The van der Waals surface area contributed by atoms with Crippen LogP contribution >= 0.6 is 23.1 Å². The fourth-order valence-electron chi connectivity index (χ4n) is 3.51. The molecule has 28 heavy (non-hydrogen) atoms. The van der Waals surface area contributed by atoms with E-state index in [4.69, 9.17) is 0 Å². The van der Waals surface area contributed by atoms with Gasteiger partial charge in [0.1, 0.15) is 16.1 Å². The minimum atomic E-state index is -1.39. The molecule has 0 N–H and O–H groups in total. The number of carboxylic acid groups (broad SMARTS) is 1. The fraction of sp³-hybridized carbons (Fsp3) is 0.316. The molecule has 7 nitrogen and oxygen atoms in total. The highest BCUT2D eigenvalue weighted by Gasteiger charge is 2.43. The molecule has 0 saturated carbocycles. The molecule has 142 valence electrons. The number of carboxylic acids is 1. The zero-order valence-electron chi connectivity index (χ0n) is 14.6. The number of carbonyl (C=O) groups excluding carboxylic acids is 3. The van der Waals surface area contributed by atoms with E-state index in [1.54, 1.807) is 0 Å². The largest absolute Gasteiger partial charge is 0.545 e. The molecule has 0 radical (unpaired) electrons. The Hall–Kier alpha value is -2.70. The van der Waals surface area contributed by atoms with Crippen LogP contribution in [0.3, 0.4) is 0 Å². The number of aromatic nitrogens is 1. The first-order valence-corrected chi connectivity index (χ1v) is 10.4. The molecule has 4 rings (SSSR count). The summed E-state index contributed by atoms with van der Waals surface area (Å²) in [6, 6.07) is 4.99. The molecule has 0 spiro atoms. The lowest BCUT2D eigenvalue weighted by Crippen LogP contribution is -2.31. The van der Waals surface area contributed by atoms with Gasteiger partial charge in [-0.05, 0) is 43.4 Å². The summed E-state index contributed by atoms with van der Waals surface area (Å²) in [6.07, 6.45) is 5.01. The third-order valence-electron chi connectivity index (χ3n) is 4.82. The van der Waals surface area contributed by atoms with E-state index in [-0.39, 0.29) is 22.9 Å². The molecule has 2 aliphatic rings. The van der Waals surface area contributed by atoms with Crippen LogP contribution in [0.5, 0.6) is 0 Å². The Morgan fingerprint density at radius 1 is 1.36 bits per heavy atom. The van der Waals surface area contributed by atoms with Gasteiger partial charge < -0.3 is 9.90 Å². The molecule has 1 aliphatic heterocycles. The third kappa shape index (κ3) is 3.08. The topological polar surface area (TPSA) is 114 Å². The van der Waals surface area contributed by atoms with Crippen LogP contribution in [-0.4, -0.2) is 28.0 Å². The predicted octanol–water partition coefficient (Wildman–Crippen LogP) is 1.68. The lowest BCUT2D eigenvalue weighted by molar-refractivity contribution is -0.255. The van der Waals surface area contributed by atoms with Crippen molar-refractivity contribution in [1.82, 2.24) is 4.98 Å². The Labute approximate surface area is 169 Å². The normalized spacial score (nSPS) is 18.8. The number of carbonyl (C=O) groups is 3. The van der Waals surface area contributed by atoms with Gasteiger partial charge in [-0.1, -0.05) is 11.8 Å². The van der Waals surface area contributed by atoms with Crippen LogP contribution in [0.2, 0.25) is 0 Å². The number of anilines is 1. The fourth-order valence-corrected chi connectivity index (χ4v) is 5.97. The van der Waals surface area contributed by atoms with E-state index < -0.39 is 17.1 Å². The third-order valence-corrected chi connectivity index (χ3v) is 7.30. The lowest BCUT2D eigenvalue weighted by atomic mass is 9.96. The average Bonchev–Trinajstić information content (AvgIpc) is 3.18. The van der Waals surface area contributed by atoms with Gasteiger partial charge in [0.25, 0.3) is 0 Å². The number of nitrogens with zero attached hydrogens (tertiary/aromatic N) is 3. The number of fused-ring (bicyclic) bond motifs is 1. The zero-order valence-corrected chi connectivity index (χ0v) is 16.3. The van der Waals surface area contributed by atoms with Gasteiger partial charge in [0.05, 0.1) is 16.8 Å². The first-order valence-electron chi connectivity index (χ1n) is 8.75. The predicted molar refractivity (Wildman–Crippen MR) is 101 cm³/mol. The Morgan fingerprint density at radius 2 is 2.14 bits per heavy atom. The molecule has 2 aromatic rings. The van der Waals surface area contributed by atoms with Gasteiger partial charge in [0.2, 0.25) is 11.8 Å². The summed E-state index contributed by atoms with van der Waals surface area (Å²) in [5.41, 5.74) is 1.25.